The van der Waals surface area contributed by atoms with Gasteiger partial charge in [-0.05, 0) is 25.1 Å². The topological polar surface area (TPSA) is 108 Å². The van der Waals surface area contributed by atoms with Gasteiger partial charge in [0.25, 0.3) is 10.0 Å². The van der Waals surface area contributed by atoms with Crippen molar-refractivity contribution in [3.05, 3.63) is 70.3 Å². The van der Waals surface area contributed by atoms with Crippen LogP contribution in [0.1, 0.15) is 18.5 Å². The molecule has 0 aliphatic rings. The molecule has 34 heavy (non-hydrogen) atoms. The van der Waals surface area contributed by atoms with Gasteiger partial charge in [-0.1, -0.05) is 18.2 Å². The number of nitrogens with one attached hydrogen (secondary N) is 2. The van der Waals surface area contributed by atoms with Gasteiger partial charge in [0.1, 0.15) is 17.5 Å². The lowest BCUT2D eigenvalue weighted by Gasteiger charge is -2.17. The van der Waals surface area contributed by atoms with Crippen LogP contribution in [0.15, 0.2) is 52.2 Å². The average Bonchev–Trinajstić information content (AvgIpc) is 3.19. The maximum atomic E-state index is 14.4. The lowest BCUT2D eigenvalue weighted by atomic mass is 10.1. The molecule has 1 heterocycles. The predicted molar refractivity (Wildman–Crippen MR) is 111 cm³/mol. The number of benzene rings is 2. The zero-order chi connectivity index (χ0) is 25.7. The quantitative estimate of drug-likeness (QED) is 0.382. The van der Waals surface area contributed by atoms with Gasteiger partial charge in [-0.15, -0.1) is 11.3 Å². The molecule has 0 saturated heterocycles. The van der Waals surface area contributed by atoms with Crippen LogP contribution in [0.25, 0.3) is 0 Å². The zero-order valence-corrected chi connectivity index (χ0v) is 18.5. The summed E-state index contributed by atoms with van der Waals surface area (Å²) in [6.45, 7) is 1.61. The number of carbonyl (C=O) groups is 1. The Hall–Kier alpha value is -3.33. The fourth-order valence-corrected chi connectivity index (χ4v) is 4.18. The van der Waals surface area contributed by atoms with Crippen molar-refractivity contribution >= 4 is 38.8 Å². The third-order valence-electron chi connectivity index (χ3n) is 3.94. The second kappa shape index (κ2) is 10.7. The second-order valence-electron chi connectivity index (χ2n) is 6.44. The van der Waals surface area contributed by atoms with Gasteiger partial charge < -0.3 is 10.4 Å². The van der Waals surface area contributed by atoms with E-state index in [2.05, 4.69) is 10.3 Å². The molecule has 0 fully saturated rings. The Morgan fingerprint density at radius 3 is 2.12 bits per heavy atom. The highest BCUT2D eigenvalue weighted by molar-refractivity contribution is 7.92. The fraction of sp³-hybridized carbons (Fsp3) is 0.158. The normalized spacial score (nSPS) is 12.3. The Balaban J connectivity index is 0.000000509. The molecule has 0 aliphatic heterocycles. The number of aromatic nitrogens is 1. The highest BCUT2D eigenvalue weighted by atomic mass is 32.2. The first kappa shape index (κ1) is 26.9. The number of sulfonamides is 1. The van der Waals surface area contributed by atoms with E-state index in [9.17, 15) is 34.8 Å². The summed E-state index contributed by atoms with van der Waals surface area (Å²) in [6, 6.07) is 7.06. The van der Waals surface area contributed by atoms with Gasteiger partial charge in [0.2, 0.25) is 0 Å². The molecule has 0 amide bonds. The summed E-state index contributed by atoms with van der Waals surface area (Å²) in [5, 5.41) is 11.3. The Bertz CT molecular complexity index is 1230. The SMILES string of the molecule is C[C@H](Nc1cc(F)c(S(=O)(=O)Nc2cscn2)c(F)c1)c1ccccc1F.O=C(O)C(F)(F)F. The molecule has 3 N–H and O–H groups in total. The standard InChI is InChI=1S/C17H14F3N3O2S2.C2HF3O2/c1-10(12-4-2-3-5-13(12)18)22-11-6-14(19)17(15(20)7-11)27(24,25)23-16-8-26-9-21-16;3-2(4,5)1(6)7/h2-10,22-23H,1H3;(H,6,7)/t10-;/m0./s1. The summed E-state index contributed by atoms with van der Waals surface area (Å²) >= 11 is 1.13. The van der Waals surface area contributed by atoms with Crippen LogP contribution in [0, 0.1) is 17.5 Å². The molecule has 0 spiro atoms. The molecular weight excluding hydrogens is 512 g/mol. The molecule has 2 aromatic carbocycles. The molecule has 3 aromatic rings. The van der Waals surface area contributed by atoms with E-state index in [1.807, 2.05) is 4.72 Å². The smallest absolute Gasteiger partial charge is 0.475 e. The number of hydrogen-bond acceptors (Lipinski definition) is 6. The van der Waals surface area contributed by atoms with Crippen LogP contribution in [0.4, 0.5) is 37.8 Å². The van der Waals surface area contributed by atoms with Crippen LogP contribution < -0.4 is 10.0 Å². The number of aliphatic carboxylic acids is 1. The van der Waals surface area contributed by atoms with Crippen LogP contribution in [-0.2, 0) is 14.8 Å². The summed E-state index contributed by atoms with van der Waals surface area (Å²) < 4.78 is 101. The number of thiazole rings is 1. The highest BCUT2D eigenvalue weighted by Gasteiger charge is 2.38. The fourth-order valence-electron chi connectivity index (χ4n) is 2.51. The van der Waals surface area contributed by atoms with Crippen molar-refractivity contribution in [2.24, 2.45) is 0 Å². The first-order valence-electron chi connectivity index (χ1n) is 8.93. The molecule has 3 rings (SSSR count). The lowest BCUT2D eigenvalue weighted by Crippen LogP contribution is -2.21. The first-order valence-corrected chi connectivity index (χ1v) is 11.4. The van der Waals surface area contributed by atoms with E-state index in [0.29, 0.717) is 5.56 Å². The van der Waals surface area contributed by atoms with E-state index in [-0.39, 0.29) is 11.5 Å². The van der Waals surface area contributed by atoms with Crippen molar-refractivity contribution in [3.8, 4) is 0 Å². The molecule has 1 aromatic heterocycles. The van der Waals surface area contributed by atoms with Gasteiger partial charge in [0.15, 0.2) is 10.7 Å². The van der Waals surface area contributed by atoms with E-state index in [0.717, 1.165) is 23.5 Å². The maximum absolute atomic E-state index is 14.4. The largest absolute Gasteiger partial charge is 0.490 e. The molecule has 184 valence electrons. The van der Waals surface area contributed by atoms with Crippen molar-refractivity contribution in [2.75, 3.05) is 10.0 Å². The van der Waals surface area contributed by atoms with E-state index in [4.69, 9.17) is 9.90 Å². The molecule has 0 unspecified atom stereocenters. The summed E-state index contributed by atoms with van der Waals surface area (Å²) in [6.07, 6.45) is -5.08. The van der Waals surface area contributed by atoms with Crippen molar-refractivity contribution in [3.63, 3.8) is 0 Å². The number of nitrogens with zero attached hydrogens (tertiary/aromatic N) is 1. The van der Waals surface area contributed by atoms with Crippen molar-refractivity contribution in [1.29, 1.82) is 0 Å². The molecule has 0 saturated carbocycles. The lowest BCUT2D eigenvalue weighted by molar-refractivity contribution is -0.192. The van der Waals surface area contributed by atoms with Crippen molar-refractivity contribution in [1.82, 2.24) is 4.98 Å². The predicted octanol–water partition coefficient (Wildman–Crippen LogP) is 5.17. The monoisotopic (exact) mass is 527 g/mol. The molecule has 0 radical (unpaired) electrons. The minimum Gasteiger partial charge on any atom is -0.475 e. The summed E-state index contributed by atoms with van der Waals surface area (Å²) in [4.78, 5) is 11.5. The average molecular weight is 527 g/mol. The Kier molecular flexibility index (Phi) is 8.50. The first-order chi connectivity index (χ1) is 15.7. The van der Waals surface area contributed by atoms with Crippen LogP contribution in [0.2, 0.25) is 0 Å². The summed E-state index contributed by atoms with van der Waals surface area (Å²) in [5.74, 6) is -5.81. The van der Waals surface area contributed by atoms with Crippen LogP contribution in [0.3, 0.4) is 0 Å². The number of rotatable bonds is 6. The van der Waals surface area contributed by atoms with Gasteiger partial charge in [-0.25, -0.2) is 31.4 Å². The van der Waals surface area contributed by atoms with Crippen LogP contribution in [-0.4, -0.2) is 30.7 Å². The molecular formula is C19H15F6N3O4S2. The third kappa shape index (κ3) is 7.08. The van der Waals surface area contributed by atoms with Gasteiger partial charge in [0.05, 0.1) is 11.6 Å². The molecule has 0 bridgehead atoms. The van der Waals surface area contributed by atoms with Gasteiger partial charge in [0, 0.05) is 16.6 Å². The Morgan fingerprint density at radius 2 is 1.65 bits per heavy atom. The van der Waals surface area contributed by atoms with Gasteiger partial charge >= 0.3 is 12.1 Å². The van der Waals surface area contributed by atoms with E-state index < -0.39 is 50.6 Å². The van der Waals surface area contributed by atoms with E-state index in [1.165, 1.54) is 29.1 Å². The maximum Gasteiger partial charge on any atom is 0.490 e. The number of halogens is 6. The number of carboxylic acid groups (broad SMARTS) is 1. The van der Waals surface area contributed by atoms with E-state index in [1.54, 1.807) is 13.0 Å². The second-order valence-corrected chi connectivity index (χ2v) is 8.78. The number of anilines is 2. The van der Waals surface area contributed by atoms with Gasteiger partial charge in [-0.3, -0.25) is 4.72 Å². The zero-order valence-electron chi connectivity index (χ0n) is 16.9. The third-order valence-corrected chi connectivity index (χ3v) is 5.93. The number of hydrogen-bond donors (Lipinski definition) is 3. The number of carboxylic acids is 1. The summed E-state index contributed by atoms with van der Waals surface area (Å²) in [7, 11) is -4.49. The minimum atomic E-state index is -5.08. The number of alkyl halides is 3. The summed E-state index contributed by atoms with van der Waals surface area (Å²) in [5.41, 5.74) is 1.66. The van der Waals surface area contributed by atoms with E-state index >= 15 is 0 Å². The molecule has 7 nitrogen and oxygen atoms in total. The highest BCUT2D eigenvalue weighted by Crippen LogP contribution is 2.28. The van der Waals surface area contributed by atoms with Crippen molar-refractivity contribution in [2.45, 2.75) is 24.0 Å². The molecule has 1 atom stereocenters. The molecule has 15 heteroatoms. The molecule has 0 aliphatic carbocycles. The van der Waals surface area contributed by atoms with Crippen molar-refractivity contribution < 1.29 is 44.7 Å². The van der Waals surface area contributed by atoms with Crippen LogP contribution >= 0.6 is 11.3 Å². The Labute approximate surface area is 193 Å². The Morgan fingerprint density at radius 1 is 1.09 bits per heavy atom. The van der Waals surface area contributed by atoms with Crippen LogP contribution in [0.5, 0.6) is 0 Å². The van der Waals surface area contributed by atoms with Gasteiger partial charge in [-0.2, -0.15) is 13.2 Å². The minimum absolute atomic E-state index is 0.0200.